The van der Waals surface area contributed by atoms with Gasteiger partial charge in [-0.3, -0.25) is 5.32 Å². The molecule has 4 N–H and O–H groups in total. The summed E-state index contributed by atoms with van der Waals surface area (Å²) in [5.41, 5.74) is 6.93. The van der Waals surface area contributed by atoms with Crippen LogP contribution in [-0.2, 0) is 6.42 Å². The van der Waals surface area contributed by atoms with Crippen molar-refractivity contribution < 1.29 is 9.53 Å². The van der Waals surface area contributed by atoms with Crippen molar-refractivity contribution in [1.29, 1.82) is 5.26 Å². The molecule has 0 bridgehead atoms. The minimum atomic E-state index is -0.546. The van der Waals surface area contributed by atoms with Crippen LogP contribution in [0, 0.1) is 11.3 Å². The molecule has 0 aliphatic heterocycles. The molecule has 10 heteroatoms. The smallest absolute Gasteiger partial charge is 0.325 e. The molecule has 0 fully saturated rings. The van der Waals surface area contributed by atoms with E-state index in [9.17, 15) is 4.79 Å². The first kappa shape index (κ1) is 20.4. The van der Waals surface area contributed by atoms with Crippen molar-refractivity contribution in [2.45, 2.75) is 6.42 Å². The van der Waals surface area contributed by atoms with Crippen molar-refractivity contribution in [3.8, 4) is 11.8 Å². The maximum atomic E-state index is 12.1. The van der Waals surface area contributed by atoms with E-state index >= 15 is 0 Å². The van der Waals surface area contributed by atoms with Crippen LogP contribution in [0.4, 0.5) is 16.3 Å². The summed E-state index contributed by atoms with van der Waals surface area (Å²) >= 11 is 6.18. The van der Waals surface area contributed by atoms with Gasteiger partial charge < -0.3 is 15.8 Å². The molecule has 0 radical (unpaired) electrons. The third-order valence-electron chi connectivity index (χ3n) is 3.04. The predicted molar refractivity (Wildman–Crippen MR) is 97.4 cm³/mol. The van der Waals surface area contributed by atoms with Crippen LogP contribution in [0.1, 0.15) is 11.3 Å². The first-order valence-electron chi connectivity index (χ1n) is 6.94. The Morgan fingerprint density at radius 1 is 1.36 bits per heavy atom. The van der Waals surface area contributed by atoms with Gasteiger partial charge in [0.15, 0.2) is 11.5 Å². The van der Waals surface area contributed by atoms with Crippen molar-refractivity contribution in [2.24, 2.45) is 5.73 Å². The Morgan fingerprint density at radius 2 is 2.12 bits per heavy atom. The van der Waals surface area contributed by atoms with Gasteiger partial charge in [0.25, 0.3) is 0 Å². The highest BCUT2D eigenvalue weighted by atomic mass is 35.5. The molecule has 0 atom stereocenters. The second kappa shape index (κ2) is 9.64. The molecule has 2 rings (SSSR count). The SMILES string of the molecule is COc1cc(CCN)c(Cl)cc1NC(=O)Nc1cnc(C#N)cn1.Cl. The van der Waals surface area contributed by atoms with Gasteiger partial charge in [0, 0.05) is 5.02 Å². The van der Waals surface area contributed by atoms with E-state index in [0.717, 1.165) is 5.56 Å². The van der Waals surface area contributed by atoms with Crippen molar-refractivity contribution >= 4 is 41.5 Å². The Labute approximate surface area is 155 Å². The number of carbonyl (C=O) groups is 1. The minimum absolute atomic E-state index is 0. The summed E-state index contributed by atoms with van der Waals surface area (Å²) in [6.07, 6.45) is 3.14. The number of carbonyl (C=O) groups excluding carboxylic acids is 1. The van der Waals surface area contributed by atoms with E-state index in [-0.39, 0.29) is 23.9 Å². The van der Waals surface area contributed by atoms with Crippen LogP contribution in [0.3, 0.4) is 0 Å². The van der Waals surface area contributed by atoms with E-state index in [1.807, 2.05) is 6.07 Å². The predicted octanol–water partition coefficient (Wildman–Crippen LogP) is 2.58. The molecule has 1 heterocycles. The van der Waals surface area contributed by atoms with Crippen LogP contribution < -0.4 is 21.1 Å². The quantitative estimate of drug-likeness (QED) is 0.729. The largest absolute Gasteiger partial charge is 0.495 e. The zero-order valence-electron chi connectivity index (χ0n) is 13.2. The third kappa shape index (κ3) is 5.46. The number of halogens is 2. The molecule has 1 aromatic carbocycles. The van der Waals surface area contributed by atoms with Crippen molar-refractivity contribution in [3.05, 3.63) is 40.8 Å². The number of nitrogens with one attached hydrogen (secondary N) is 2. The van der Waals surface area contributed by atoms with Crippen LogP contribution >= 0.6 is 24.0 Å². The number of amides is 2. The molecule has 2 aromatic rings. The average Bonchev–Trinajstić information content (AvgIpc) is 2.58. The van der Waals surface area contributed by atoms with Gasteiger partial charge in [0.05, 0.1) is 25.2 Å². The van der Waals surface area contributed by atoms with Crippen LogP contribution in [0.15, 0.2) is 24.5 Å². The zero-order valence-corrected chi connectivity index (χ0v) is 14.8. The summed E-state index contributed by atoms with van der Waals surface area (Å²) in [6.45, 7) is 0.452. The molecule has 2 amide bonds. The first-order chi connectivity index (χ1) is 11.6. The van der Waals surface area contributed by atoms with Crippen LogP contribution in [0.2, 0.25) is 5.02 Å². The highest BCUT2D eigenvalue weighted by molar-refractivity contribution is 6.31. The Morgan fingerprint density at radius 3 is 2.68 bits per heavy atom. The number of nitriles is 1. The molecule has 0 aliphatic rings. The fraction of sp³-hybridized carbons (Fsp3) is 0.200. The number of benzene rings is 1. The molecular formula is C15H16Cl2N6O2. The molecule has 8 nitrogen and oxygen atoms in total. The molecule has 0 unspecified atom stereocenters. The summed E-state index contributed by atoms with van der Waals surface area (Å²) < 4.78 is 5.26. The third-order valence-corrected chi connectivity index (χ3v) is 3.39. The minimum Gasteiger partial charge on any atom is -0.495 e. The van der Waals surface area contributed by atoms with Gasteiger partial charge in [-0.2, -0.15) is 5.26 Å². The van der Waals surface area contributed by atoms with E-state index in [2.05, 4.69) is 20.6 Å². The Kier molecular flexibility index (Phi) is 7.88. The number of hydrogen-bond donors (Lipinski definition) is 3. The summed E-state index contributed by atoms with van der Waals surface area (Å²) in [4.78, 5) is 19.8. The summed E-state index contributed by atoms with van der Waals surface area (Å²) in [5.74, 6) is 0.667. The lowest BCUT2D eigenvalue weighted by molar-refractivity contribution is 0.262. The normalized spacial score (nSPS) is 9.52. The van der Waals surface area contributed by atoms with Gasteiger partial charge in [-0.1, -0.05) is 11.6 Å². The lowest BCUT2D eigenvalue weighted by Gasteiger charge is -2.13. The highest BCUT2D eigenvalue weighted by Crippen LogP contribution is 2.31. The number of ether oxygens (including phenoxy) is 1. The number of urea groups is 1. The second-order valence-corrected chi connectivity index (χ2v) is 5.07. The number of methoxy groups -OCH3 is 1. The average molecular weight is 383 g/mol. The van der Waals surface area contributed by atoms with Crippen LogP contribution in [0.25, 0.3) is 0 Å². The van der Waals surface area contributed by atoms with Crippen LogP contribution in [-0.4, -0.2) is 29.7 Å². The number of aromatic nitrogens is 2. The first-order valence-corrected chi connectivity index (χ1v) is 7.31. The molecule has 132 valence electrons. The fourth-order valence-corrected chi connectivity index (χ4v) is 2.19. The summed E-state index contributed by atoms with van der Waals surface area (Å²) in [7, 11) is 1.49. The van der Waals surface area contributed by atoms with Crippen molar-refractivity contribution in [1.82, 2.24) is 9.97 Å². The number of anilines is 2. The Bertz CT molecular complexity index is 777. The molecular weight excluding hydrogens is 367 g/mol. The summed E-state index contributed by atoms with van der Waals surface area (Å²) in [5, 5.41) is 14.3. The monoisotopic (exact) mass is 382 g/mol. The lowest BCUT2D eigenvalue weighted by atomic mass is 10.1. The molecule has 0 aliphatic carbocycles. The van der Waals surface area contributed by atoms with E-state index in [1.165, 1.54) is 19.5 Å². The number of hydrogen-bond acceptors (Lipinski definition) is 6. The van der Waals surface area contributed by atoms with E-state index in [0.29, 0.717) is 29.4 Å². The number of rotatable bonds is 5. The highest BCUT2D eigenvalue weighted by Gasteiger charge is 2.12. The fourth-order valence-electron chi connectivity index (χ4n) is 1.93. The molecule has 0 spiro atoms. The standard InChI is InChI=1S/C15H15ClN6O2.ClH/c1-24-13-4-9(2-3-17)11(16)5-12(13)21-15(23)22-14-8-19-10(6-18)7-20-14;/h4-5,7-8H,2-3,17H2,1H3,(H2,20,21,22,23);1H. The Balaban J connectivity index is 0.00000312. The van der Waals surface area contributed by atoms with Crippen molar-refractivity contribution in [2.75, 3.05) is 24.3 Å². The topological polar surface area (TPSA) is 126 Å². The van der Waals surface area contributed by atoms with Gasteiger partial charge in [-0.15, -0.1) is 12.4 Å². The molecule has 0 saturated carbocycles. The zero-order chi connectivity index (χ0) is 17.5. The molecule has 25 heavy (non-hydrogen) atoms. The summed E-state index contributed by atoms with van der Waals surface area (Å²) in [6, 6.07) is 4.62. The van der Waals surface area contributed by atoms with E-state index in [1.54, 1.807) is 12.1 Å². The van der Waals surface area contributed by atoms with E-state index < -0.39 is 6.03 Å². The lowest BCUT2D eigenvalue weighted by Crippen LogP contribution is -2.20. The van der Waals surface area contributed by atoms with Gasteiger partial charge in [0.2, 0.25) is 0 Å². The second-order valence-electron chi connectivity index (χ2n) is 4.66. The van der Waals surface area contributed by atoms with Gasteiger partial charge in [-0.25, -0.2) is 14.8 Å². The number of nitrogens with two attached hydrogens (primary N) is 1. The van der Waals surface area contributed by atoms with Gasteiger partial charge >= 0.3 is 6.03 Å². The van der Waals surface area contributed by atoms with Crippen LogP contribution in [0.5, 0.6) is 5.75 Å². The van der Waals surface area contributed by atoms with Gasteiger partial charge in [0.1, 0.15) is 11.8 Å². The van der Waals surface area contributed by atoms with Gasteiger partial charge in [-0.05, 0) is 30.7 Å². The van der Waals surface area contributed by atoms with E-state index in [4.69, 9.17) is 27.3 Å². The Hall–Kier alpha value is -2.60. The maximum Gasteiger partial charge on any atom is 0.325 e. The maximum absolute atomic E-state index is 12.1. The molecule has 0 saturated heterocycles. The molecule has 1 aromatic heterocycles. The number of nitrogens with zero attached hydrogens (tertiary/aromatic N) is 3. The van der Waals surface area contributed by atoms with Crippen molar-refractivity contribution in [3.63, 3.8) is 0 Å².